The maximum absolute atomic E-state index is 11.9. The lowest BCUT2D eigenvalue weighted by Crippen LogP contribution is -2.12. The van der Waals surface area contributed by atoms with Crippen LogP contribution in [-0.4, -0.2) is 15.8 Å². The van der Waals surface area contributed by atoms with Crippen LogP contribution >= 0.6 is 11.3 Å². The molecular formula is C11H10N4O3S. The highest BCUT2D eigenvalue weighted by Gasteiger charge is 2.16. The molecule has 0 radical (unpaired) electrons. The van der Waals surface area contributed by atoms with E-state index in [0.717, 1.165) is 10.9 Å². The fourth-order valence-electron chi connectivity index (χ4n) is 1.42. The van der Waals surface area contributed by atoms with Gasteiger partial charge in [0.15, 0.2) is 5.13 Å². The Bertz CT molecular complexity index is 653. The largest absolute Gasteiger partial charge is 0.393 e. The summed E-state index contributed by atoms with van der Waals surface area (Å²) in [5, 5.41) is 13.8. The van der Waals surface area contributed by atoms with Crippen LogP contribution in [-0.2, 0) is 0 Å². The summed E-state index contributed by atoms with van der Waals surface area (Å²) in [6, 6.07) is 3.91. The van der Waals surface area contributed by atoms with Gasteiger partial charge in [0, 0.05) is 22.7 Å². The zero-order chi connectivity index (χ0) is 14.0. The minimum Gasteiger partial charge on any atom is -0.393 e. The highest BCUT2D eigenvalue weighted by Crippen LogP contribution is 2.23. The van der Waals surface area contributed by atoms with Crippen molar-refractivity contribution in [2.24, 2.45) is 0 Å². The topological polar surface area (TPSA) is 111 Å². The van der Waals surface area contributed by atoms with Gasteiger partial charge in [-0.3, -0.25) is 20.2 Å². The van der Waals surface area contributed by atoms with Crippen molar-refractivity contribution >= 4 is 33.8 Å². The number of nitro benzene ring substituents is 1. The van der Waals surface area contributed by atoms with Crippen LogP contribution in [0.5, 0.6) is 0 Å². The molecule has 2 rings (SSSR count). The molecule has 1 aromatic heterocycles. The average Bonchev–Trinajstić information content (AvgIpc) is 2.74. The number of nitrogens with two attached hydrogens (primary N) is 1. The standard InChI is InChI=1S/C11H10N4O3S/c1-6-5-13-11(19-6)14-10(16)7-2-3-8(12)9(4-7)15(17)18/h2-5H,12H2,1H3,(H,13,14,16). The van der Waals surface area contributed by atoms with Crippen LogP contribution in [0.25, 0.3) is 0 Å². The van der Waals surface area contributed by atoms with Crippen LogP contribution in [0.2, 0.25) is 0 Å². The maximum Gasteiger partial charge on any atom is 0.292 e. The van der Waals surface area contributed by atoms with Gasteiger partial charge in [0.05, 0.1) is 4.92 Å². The first-order chi connectivity index (χ1) is 8.97. The molecule has 1 aromatic carbocycles. The van der Waals surface area contributed by atoms with Crippen molar-refractivity contribution in [1.29, 1.82) is 0 Å². The van der Waals surface area contributed by atoms with Crippen molar-refractivity contribution in [2.45, 2.75) is 6.92 Å². The molecule has 1 heterocycles. The van der Waals surface area contributed by atoms with Gasteiger partial charge >= 0.3 is 0 Å². The lowest BCUT2D eigenvalue weighted by atomic mass is 10.1. The fraction of sp³-hybridized carbons (Fsp3) is 0.0909. The number of aromatic nitrogens is 1. The van der Waals surface area contributed by atoms with Gasteiger partial charge in [-0.15, -0.1) is 11.3 Å². The van der Waals surface area contributed by atoms with E-state index in [0.29, 0.717) is 5.13 Å². The molecule has 0 saturated carbocycles. The summed E-state index contributed by atoms with van der Waals surface area (Å²) < 4.78 is 0. The molecule has 98 valence electrons. The Morgan fingerprint density at radius 1 is 1.53 bits per heavy atom. The molecule has 1 amide bonds. The Hall–Kier alpha value is -2.48. The predicted octanol–water partition coefficient (Wildman–Crippen LogP) is 2.19. The van der Waals surface area contributed by atoms with Gasteiger partial charge in [0.2, 0.25) is 0 Å². The molecule has 0 saturated heterocycles. The van der Waals surface area contributed by atoms with E-state index in [2.05, 4.69) is 10.3 Å². The van der Waals surface area contributed by atoms with Gasteiger partial charge in [0.25, 0.3) is 11.6 Å². The molecule has 7 nitrogen and oxygen atoms in total. The van der Waals surface area contributed by atoms with E-state index in [1.807, 2.05) is 6.92 Å². The first kappa shape index (κ1) is 13.0. The Balaban J connectivity index is 2.24. The summed E-state index contributed by atoms with van der Waals surface area (Å²) in [7, 11) is 0. The van der Waals surface area contributed by atoms with Crippen molar-refractivity contribution in [1.82, 2.24) is 4.98 Å². The molecule has 0 spiro atoms. The van der Waals surface area contributed by atoms with Crippen LogP contribution in [0.15, 0.2) is 24.4 Å². The number of aryl methyl sites for hydroxylation is 1. The van der Waals surface area contributed by atoms with Gasteiger partial charge in [-0.1, -0.05) is 0 Å². The highest BCUT2D eigenvalue weighted by atomic mass is 32.1. The quantitative estimate of drug-likeness (QED) is 0.508. The van der Waals surface area contributed by atoms with Crippen molar-refractivity contribution in [3.8, 4) is 0 Å². The van der Waals surface area contributed by atoms with Crippen molar-refractivity contribution in [3.05, 3.63) is 45.0 Å². The first-order valence-corrected chi connectivity index (χ1v) is 6.06. The molecule has 0 bridgehead atoms. The number of rotatable bonds is 3. The highest BCUT2D eigenvalue weighted by molar-refractivity contribution is 7.15. The third-order valence-corrected chi connectivity index (χ3v) is 3.16. The number of nitro groups is 1. The zero-order valence-electron chi connectivity index (χ0n) is 9.91. The van der Waals surface area contributed by atoms with E-state index in [-0.39, 0.29) is 16.9 Å². The summed E-state index contributed by atoms with van der Waals surface area (Å²) in [5.41, 5.74) is 5.35. The maximum atomic E-state index is 11.9. The predicted molar refractivity (Wildman–Crippen MR) is 72.3 cm³/mol. The minimum absolute atomic E-state index is 0.0200. The number of anilines is 2. The SMILES string of the molecule is Cc1cnc(NC(=O)c2ccc(N)c([N+](=O)[O-])c2)s1. The monoisotopic (exact) mass is 278 g/mol. The summed E-state index contributed by atoms with van der Waals surface area (Å²) in [4.78, 5) is 27.0. The number of nitrogens with one attached hydrogen (secondary N) is 1. The molecule has 0 aliphatic heterocycles. The van der Waals surface area contributed by atoms with E-state index >= 15 is 0 Å². The Morgan fingerprint density at radius 3 is 2.84 bits per heavy atom. The molecular weight excluding hydrogens is 268 g/mol. The molecule has 8 heteroatoms. The number of hydrogen-bond donors (Lipinski definition) is 2. The minimum atomic E-state index is -0.625. The molecule has 0 unspecified atom stereocenters. The third kappa shape index (κ3) is 2.86. The number of carbonyl (C=O) groups excluding carboxylic acids is 1. The number of nitrogens with zero attached hydrogens (tertiary/aromatic N) is 2. The Kier molecular flexibility index (Phi) is 3.43. The third-order valence-electron chi connectivity index (χ3n) is 2.33. The average molecular weight is 278 g/mol. The van der Waals surface area contributed by atoms with Gasteiger partial charge in [-0.05, 0) is 19.1 Å². The number of hydrogen-bond acceptors (Lipinski definition) is 6. The molecule has 2 aromatic rings. The smallest absolute Gasteiger partial charge is 0.292 e. The van der Waals surface area contributed by atoms with Gasteiger partial charge in [0.1, 0.15) is 5.69 Å². The van der Waals surface area contributed by atoms with Gasteiger partial charge in [-0.25, -0.2) is 4.98 Å². The fourth-order valence-corrected chi connectivity index (χ4v) is 2.08. The summed E-state index contributed by atoms with van der Waals surface area (Å²) in [5.74, 6) is -0.461. The second-order valence-corrected chi connectivity index (χ2v) is 5.00. The number of carbonyl (C=O) groups is 1. The van der Waals surface area contributed by atoms with Gasteiger partial charge in [-0.2, -0.15) is 0 Å². The van der Waals surface area contributed by atoms with Crippen molar-refractivity contribution < 1.29 is 9.72 Å². The molecule has 3 N–H and O–H groups in total. The number of benzene rings is 1. The number of thiazole rings is 1. The van der Waals surface area contributed by atoms with Crippen LogP contribution < -0.4 is 11.1 Å². The summed E-state index contributed by atoms with van der Waals surface area (Å²) in [6.45, 7) is 1.86. The number of amides is 1. The second-order valence-electron chi connectivity index (χ2n) is 3.76. The summed E-state index contributed by atoms with van der Waals surface area (Å²) >= 11 is 1.32. The lowest BCUT2D eigenvalue weighted by molar-refractivity contribution is -0.383. The van der Waals surface area contributed by atoms with E-state index in [9.17, 15) is 14.9 Å². The van der Waals surface area contributed by atoms with E-state index in [1.165, 1.54) is 23.5 Å². The van der Waals surface area contributed by atoms with E-state index in [1.54, 1.807) is 6.20 Å². The molecule has 19 heavy (non-hydrogen) atoms. The summed E-state index contributed by atoms with van der Waals surface area (Å²) in [6.07, 6.45) is 1.63. The molecule has 0 aliphatic carbocycles. The second kappa shape index (κ2) is 5.02. The lowest BCUT2D eigenvalue weighted by Gasteiger charge is -2.03. The van der Waals surface area contributed by atoms with Crippen LogP contribution in [0.3, 0.4) is 0 Å². The molecule has 0 atom stereocenters. The Morgan fingerprint density at radius 2 is 2.26 bits per heavy atom. The normalized spacial score (nSPS) is 10.2. The zero-order valence-corrected chi connectivity index (χ0v) is 10.7. The van der Waals surface area contributed by atoms with Gasteiger partial charge < -0.3 is 5.73 Å². The molecule has 0 aliphatic rings. The van der Waals surface area contributed by atoms with Crippen molar-refractivity contribution in [3.63, 3.8) is 0 Å². The van der Waals surface area contributed by atoms with E-state index in [4.69, 9.17) is 5.73 Å². The van der Waals surface area contributed by atoms with Crippen LogP contribution in [0, 0.1) is 17.0 Å². The van der Waals surface area contributed by atoms with E-state index < -0.39 is 10.8 Å². The Labute approximate surface area is 112 Å². The number of nitrogen functional groups attached to an aromatic ring is 1. The molecule has 0 fully saturated rings. The first-order valence-electron chi connectivity index (χ1n) is 5.25. The van der Waals surface area contributed by atoms with Crippen LogP contribution in [0.1, 0.15) is 15.2 Å². The van der Waals surface area contributed by atoms with Crippen molar-refractivity contribution in [2.75, 3.05) is 11.1 Å². The van der Waals surface area contributed by atoms with Crippen LogP contribution in [0.4, 0.5) is 16.5 Å².